The normalized spacial score (nSPS) is 20.5. The minimum absolute atomic E-state index is 0.173. The van der Waals surface area contributed by atoms with Crippen LogP contribution in [0.4, 0.5) is 10.5 Å². The molecule has 5 heteroatoms. The van der Waals surface area contributed by atoms with Crippen molar-refractivity contribution in [2.75, 3.05) is 31.1 Å². The molecule has 1 aromatic rings. The maximum atomic E-state index is 12.3. The van der Waals surface area contributed by atoms with E-state index >= 15 is 0 Å². The van der Waals surface area contributed by atoms with Crippen molar-refractivity contribution in [3.8, 4) is 0 Å². The molecule has 3 rings (SSSR count). The lowest BCUT2D eigenvalue weighted by molar-refractivity contribution is 0.0266. The van der Waals surface area contributed by atoms with Crippen molar-refractivity contribution in [2.45, 2.75) is 45.6 Å². The van der Waals surface area contributed by atoms with Crippen LogP contribution in [0.3, 0.4) is 0 Å². The maximum Gasteiger partial charge on any atom is 0.410 e. The quantitative estimate of drug-likeness (QED) is 0.743. The van der Waals surface area contributed by atoms with Crippen LogP contribution < -0.4 is 4.90 Å². The Hall–Kier alpha value is -1.42. The molecule has 0 unspecified atom stereocenters. The highest BCUT2D eigenvalue weighted by Gasteiger charge is 2.43. The highest BCUT2D eigenvalue weighted by Crippen LogP contribution is 2.42. The number of carbonyl (C=O) groups excluding carboxylic acids is 1. The number of hydrogen-bond acceptors (Lipinski definition) is 3. The molecule has 24 heavy (non-hydrogen) atoms. The first-order valence-corrected chi connectivity index (χ1v) is 9.13. The third kappa shape index (κ3) is 3.80. The van der Waals surface area contributed by atoms with E-state index in [2.05, 4.69) is 11.0 Å². The van der Waals surface area contributed by atoms with E-state index in [0.29, 0.717) is 0 Å². The number of para-hydroxylation sites is 1. The summed E-state index contributed by atoms with van der Waals surface area (Å²) in [5.74, 6) is 0. The molecular weight excluding hydrogens is 324 g/mol. The zero-order chi connectivity index (χ0) is 17.4. The van der Waals surface area contributed by atoms with E-state index in [9.17, 15) is 4.79 Å². The first kappa shape index (κ1) is 17.4. The zero-order valence-electron chi connectivity index (χ0n) is 14.8. The molecule has 0 bridgehead atoms. The van der Waals surface area contributed by atoms with Gasteiger partial charge in [0.25, 0.3) is 0 Å². The molecule has 2 aliphatic rings. The van der Waals surface area contributed by atoms with E-state index in [4.69, 9.17) is 16.3 Å². The van der Waals surface area contributed by atoms with E-state index in [1.165, 1.54) is 0 Å². The second kappa shape index (κ2) is 6.47. The van der Waals surface area contributed by atoms with Gasteiger partial charge in [-0.15, -0.1) is 0 Å². The minimum atomic E-state index is -0.430. The number of likely N-dealkylation sites (tertiary alicyclic amines) is 1. The van der Waals surface area contributed by atoms with Crippen LogP contribution >= 0.6 is 11.6 Å². The van der Waals surface area contributed by atoms with E-state index in [1.807, 2.05) is 43.9 Å². The fraction of sp³-hybridized carbons (Fsp3) is 0.632. The number of hydrogen-bond donors (Lipinski definition) is 0. The van der Waals surface area contributed by atoms with Crippen LogP contribution in [0.1, 0.15) is 40.0 Å². The van der Waals surface area contributed by atoms with Crippen LogP contribution in [0.25, 0.3) is 0 Å². The third-order valence-electron chi connectivity index (χ3n) is 5.11. The van der Waals surface area contributed by atoms with Crippen LogP contribution in [0.15, 0.2) is 24.3 Å². The summed E-state index contributed by atoms with van der Waals surface area (Å²) in [5, 5.41) is 0.815. The van der Waals surface area contributed by atoms with Gasteiger partial charge < -0.3 is 14.5 Å². The molecule has 0 aliphatic carbocycles. The van der Waals surface area contributed by atoms with Crippen LogP contribution in [-0.4, -0.2) is 42.8 Å². The van der Waals surface area contributed by atoms with Gasteiger partial charge in [0.2, 0.25) is 0 Å². The second-order valence-corrected chi connectivity index (χ2v) is 8.50. The number of rotatable bonds is 1. The Kier molecular flexibility index (Phi) is 4.69. The van der Waals surface area contributed by atoms with Gasteiger partial charge in [0.05, 0.1) is 10.7 Å². The second-order valence-electron chi connectivity index (χ2n) is 8.09. The van der Waals surface area contributed by atoms with E-state index in [0.717, 1.165) is 56.2 Å². The number of ether oxygens (including phenoxy) is 1. The van der Waals surface area contributed by atoms with Gasteiger partial charge in [-0.1, -0.05) is 23.7 Å². The molecule has 1 amide bonds. The van der Waals surface area contributed by atoms with Crippen molar-refractivity contribution in [3.05, 3.63) is 29.3 Å². The van der Waals surface area contributed by atoms with Gasteiger partial charge in [0.1, 0.15) is 5.60 Å². The summed E-state index contributed by atoms with van der Waals surface area (Å²) in [6.07, 6.45) is 3.09. The Labute approximate surface area is 149 Å². The van der Waals surface area contributed by atoms with Gasteiger partial charge in [0.15, 0.2) is 0 Å². The predicted octanol–water partition coefficient (Wildman–Crippen LogP) is 4.57. The lowest BCUT2D eigenvalue weighted by Gasteiger charge is -2.40. The van der Waals surface area contributed by atoms with Gasteiger partial charge in [-0.05, 0) is 57.6 Å². The molecule has 1 aromatic carbocycles. The molecule has 2 aliphatic heterocycles. The number of carbonyl (C=O) groups is 1. The van der Waals surface area contributed by atoms with Gasteiger partial charge in [-0.25, -0.2) is 4.79 Å². The fourth-order valence-corrected chi connectivity index (χ4v) is 4.01. The van der Waals surface area contributed by atoms with Gasteiger partial charge in [-0.3, -0.25) is 0 Å². The Bertz CT molecular complexity index is 604. The van der Waals surface area contributed by atoms with Crippen LogP contribution in [0.2, 0.25) is 5.02 Å². The SMILES string of the molecule is CC(C)(C)OC(=O)N1CCC2(CCN(c3ccccc3Cl)CC2)C1. The number of amides is 1. The summed E-state index contributed by atoms with van der Waals surface area (Å²) < 4.78 is 5.52. The van der Waals surface area contributed by atoms with Crippen molar-refractivity contribution < 1.29 is 9.53 Å². The molecule has 0 radical (unpaired) electrons. The van der Waals surface area contributed by atoms with E-state index in [-0.39, 0.29) is 11.5 Å². The number of halogens is 1. The molecule has 2 heterocycles. The molecule has 4 nitrogen and oxygen atoms in total. The number of nitrogens with zero attached hydrogens (tertiary/aromatic N) is 2. The molecule has 0 N–H and O–H groups in total. The molecule has 2 fully saturated rings. The van der Waals surface area contributed by atoms with E-state index < -0.39 is 5.60 Å². The Morgan fingerprint density at radius 1 is 1.12 bits per heavy atom. The van der Waals surface area contributed by atoms with Crippen LogP contribution in [-0.2, 0) is 4.74 Å². The summed E-state index contributed by atoms with van der Waals surface area (Å²) in [4.78, 5) is 16.5. The molecule has 0 saturated carbocycles. The number of piperidine rings is 1. The van der Waals surface area contributed by atoms with Crippen molar-refractivity contribution in [1.29, 1.82) is 0 Å². The van der Waals surface area contributed by atoms with Gasteiger partial charge in [-0.2, -0.15) is 0 Å². The molecule has 1 spiro atoms. The van der Waals surface area contributed by atoms with Crippen molar-refractivity contribution in [1.82, 2.24) is 4.90 Å². The Balaban J connectivity index is 1.59. The average Bonchev–Trinajstić information content (AvgIpc) is 2.91. The maximum absolute atomic E-state index is 12.3. The Morgan fingerprint density at radius 2 is 1.75 bits per heavy atom. The number of benzene rings is 1. The van der Waals surface area contributed by atoms with Gasteiger partial charge in [0, 0.05) is 26.2 Å². The number of anilines is 1. The molecular formula is C19H27ClN2O2. The first-order chi connectivity index (χ1) is 11.3. The average molecular weight is 351 g/mol. The van der Waals surface area contributed by atoms with Crippen molar-refractivity contribution >= 4 is 23.4 Å². The summed E-state index contributed by atoms with van der Waals surface area (Å²) in [7, 11) is 0. The molecule has 2 saturated heterocycles. The fourth-order valence-electron chi connectivity index (χ4n) is 3.76. The third-order valence-corrected chi connectivity index (χ3v) is 5.43. The lowest BCUT2D eigenvalue weighted by atomic mass is 9.77. The predicted molar refractivity (Wildman–Crippen MR) is 97.8 cm³/mol. The monoisotopic (exact) mass is 350 g/mol. The van der Waals surface area contributed by atoms with Crippen molar-refractivity contribution in [2.24, 2.45) is 5.41 Å². The first-order valence-electron chi connectivity index (χ1n) is 8.76. The smallest absolute Gasteiger partial charge is 0.410 e. The van der Waals surface area contributed by atoms with Crippen LogP contribution in [0, 0.1) is 5.41 Å². The summed E-state index contributed by atoms with van der Waals surface area (Å²) in [6.45, 7) is 9.35. The Morgan fingerprint density at radius 3 is 2.38 bits per heavy atom. The van der Waals surface area contributed by atoms with Crippen LogP contribution in [0.5, 0.6) is 0 Å². The minimum Gasteiger partial charge on any atom is -0.444 e. The molecule has 0 aromatic heterocycles. The summed E-state index contributed by atoms with van der Waals surface area (Å²) >= 11 is 6.32. The van der Waals surface area contributed by atoms with E-state index in [1.54, 1.807) is 0 Å². The molecule has 132 valence electrons. The highest BCUT2D eigenvalue weighted by molar-refractivity contribution is 6.33. The van der Waals surface area contributed by atoms with Gasteiger partial charge >= 0.3 is 6.09 Å². The van der Waals surface area contributed by atoms with Crippen molar-refractivity contribution in [3.63, 3.8) is 0 Å². The highest BCUT2D eigenvalue weighted by atomic mass is 35.5. The summed E-state index contributed by atoms with van der Waals surface area (Å²) in [6, 6.07) is 8.03. The summed E-state index contributed by atoms with van der Waals surface area (Å²) in [5.41, 5.74) is 0.936. The topological polar surface area (TPSA) is 32.8 Å². The zero-order valence-corrected chi connectivity index (χ0v) is 15.6. The lowest BCUT2D eigenvalue weighted by Crippen LogP contribution is -2.43. The molecule has 0 atom stereocenters. The standard InChI is InChI=1S/C19H27ClN2O2/c1-18(2,3)24-17(23)22-13-10-19(14-22)8-11-21(12-9-19)16-7-5-4-6-15(16)20/h4-7H,8-14H2,1-3H3. The largest absolute Gasteiger partial charge is 0.444 e.